The molecule has 3 rings (SSSR count). The van der Waals surface area contributed by atoms with Crippen molar-refractivity contribution in [2.24, 2.45) is 0 Å². The molecule has 132 valence electrons. The van der Waals surface area contributed by atoms with Crippen LogP contribution < -0.4 is 4.72 Å². The van der Waals surface area contributed by atoms with Crippen molar-refractivity contribution in [2.45, 2.75) is 18.1 Å². The Labute approximate surface area is 139 Å². The number of hydrogen-bond donors (Lipinski definition) is 2. The lowest BCUT2D eigenvalue weighted by Crippen LogP contribution is -2.16. The van der Waals surface area contributed by atoms with Crippen molar-refractivity contribution in [3.8, 4) is 5.69 Å². The quantitative estimate of drug-likeness (QED) is 0.730. The van der Waals surface area contributed by atoms with Gasteiger partial charge in [0.25, 0.3) is 10.0 Å². The van der Waals surface area contributed by atoms with Gasteiger partial charge in [0.1, 0.15) is 12.7 Å². The zero-order valence-corrected chi connectivity index (χ0v) is 13.4. The Morgan fingerprint density at radius 1 is 1.28 bits per heavy atom. The standard InChI is InChI=1S/C13H11F3N6O2S/c1-8-12(19-6-18-8)25(23,24)21-9-2-3-11(22-7-17-5-20-22)10(4-9)13(14,15)16/h2-7,21H,1H3,(H,18,19). The maximum atomic E-state index is 13.3. The third kappa shape index (κ3) is 3.33. The normalized spacial score (nSPS) is 12.3. The number of rotatable bonds is 4. The average Bonchev–Trinajstić information content (AvgIpc) is 3.17. The summed E-state index contributed by atoms with van der Waals surface area (Å²) in [5.74, 6) is 0. The van der Waals surface area contributed by atoms with E-state index in [1.54, 1.807) is 0 Å². The molecule has 0 saturated heterocycles. The van der Waals surface area contributed by atoms with E-state index in [4.69, 9.17) is 0 Å². The summed E-state index contributed by atoms with van der Waals surface area (Å²) in [6.45, 7) is 1.48. The van der Waals surface area contributed by atoms with Gasteiger partial charge < -0.3 is 4.98 Å². The van der Waals surface area contributed by atoms with Crippen LogP contribution in [0.2, 0.25) is 0 Å². The van der Waals surface area contributed by atoms with Gasteiger partial charge in [-0.2, -0.15) is 26.7 Å². The lowest BCUT2D eigenvalue weighted by molar-refractivity contribution is -0.137. The molecular formula is C13H11F3N6O2S. The number of nitrogens with one attached hydrogen (secondary N) is 2. The van der Waals surface area contributed by atoms with Gasteiger partial charge in [-0.15, -0.1) is 0 Å². The molecule has 2 heterocycles. The molecule has 8 nitrogen and oxygen atoms in total. The first-order valence-corrected chi connectivity index (χ1v) is 8.26. The molecule has 0 amide bonds. The third-order valence-corrected chi connectivity index (χ3v) is 4.68. The second-order valence-corrected chi connectivity index (χ2v) is 6.61. The molecule has 0 spiro atoms. The number of hydrogen-bond acceptors (Lipinski definition) is 5. The number of aryl methyl sites for hydroxylation is 1. The molecule has 0 saturated carbocycles. The number of imidazole rings is 1. The fourth-order valence-electron chi connectivity index (χ4n) is 2.18. The lowest BCUT2D eigenvalue weighted by Gasteiger charge is -2.15. The highest BCUT2D eigenvalue weighted by Crippen LogP contribution is 2.35. The Kier molecular flexibility index (Phi) is 3.99. The SMILES string of the molecule is Cc1[nH]cnc1S(=O)(=O)Nc1ccc(-n2cncn2)c(C(F)(F)F)c1. The number of alkyl halides is 3. The number of H-pyrrole nitrogens is 1. The van der Waals surface area contributed by atoms with Crippen molar-refractivity contribution in [2.75, 3.05) is 4.72 Å². The van der Waals surface area contributed by atoms with Crippen LogP contribution in [0.15, 0.2) is 42.2 Å². The van der Waals surface area contributed by atoms with Crippen molar-refractivity contribution in [1.82, 2.24) is 24.7 Å². The van der Waals surface area contributed by atoms with E-state index in [2.05, 4.69) is 24.8 Å². The Bertz CT molecular complexity index is 995. The summed E-state index contributed by atoms with van der Waals surface area (Å²) in [4.78, 5) is 9.87. The van der Waals surface area contributed by atoms with Gasteiger partial charge in [0.15, 0.2) is 5.03 Å². The summed E-state index contributed by atoms with van der Waals surface area (Å²) in [5, 5.41) is 3.38. The minimum Gasteiger partial charge on any atom is -0.348 e. The monoisotopic (exact) mass is 372 g/mol. The number of halogens is 3. The molecule has 0 unspecified atom stereocenters. The van der Waals surface area contributed by atoms with Crippen molar-refractivity contribution in [3.05, 3.63) is 48.4 Å². The second kappa shape index (κ2) is 5.88. The largest absolute Gasteiger partial charge is 0.418 e. The first-order valence-electron chi connectivity index (χ1n) is 6.77. The van der Waals surface area contributed by atoms with E-state index in [1.165, 1.54) is 19.3 Å². The van der Waals surface area contributed by atoms with Gasteiger partial charge in [-0.3, -0.25) is 4.72 Å². The van der Waals surface area contributed by atoms with E-state index in [0.717, 1.165) is 23.4 Å². The first-order chi connectivity index (χ1) is 11.7. The maximum absolute atomic E-state index is 13.3. The molecule has 2 aromatic heterocycles. The van der Waals surface area contributed by atoms with E-state index in [9.17, 15) is 21.6 Å². The van der Waals surface area contributed by atoms with Gasteiger partial charge in [0.05, 0.1) is 23.3 Å². The van der Waals surface area contributed by atoms with Gasteiger partial charge in [-0.05, 0) is 25.1 Å². The molecule has 0 aliphatic heterocycles. The molecule has 3 aromatic rings. The van der Waals surface area contributed by atoms with Crippen LogP contribution in [0, 0.1) is 6.92 Å². The van der Waals surface area contributed by atoms with Crippen molar-refractivity contribution < 1.29 is 21.6 Å². The third-order valence-electron chi connectivity index (χ3n) is 3.26. The number of aromatic nitrogens is 5. The number of benzene rings is 1. The smallest absolute Gasteiger partial charge is 0.348 e. The Morgan fingerprint density at radius 3 is 2.60 bits per heavy atom. The summed E-state index contributed by atoms with van der Waals surface area (Å²) in [6.07, 6.45) is -1.33. The summed E-state index contributed by atoms with van der Waals surface area (Å²) in [7, 11) is -4.12. The fourth-order valence-corrected chi connectivity index (χ4v) is 3.37. The Balaban J connectivity index is 2.03. The molecule has 25 heavy (non-hydrogen) atoms. The number of anilines is 1. The van der Waals surface area contributed by atoms with Gasteiger partial charge in [0, 0.05) is 5.69 Å². The maximum Gasteiger partial charge on any atom is 0.418 e. The van der Waals surface area contributed by atoms with Gasteiger partial charge >= 0.3 is 6.18 Å². The van der Waals surface area contributed by atoms with Gasteiger partial charge in [-0.25, -0.2) is 14.6 Å². The Morgan fingerprint density at radius 2 is 2.04 bits per heavy atom. The molecule has 1 aromatic carbocycles. The Hall–Kier alpha value is -2.89. The topological polar surface area (TPSA) is 106 Å². The van der Waals surface area contributed by atoms with Crippen LogP contribution in [0.3, 0.4) is 0 Å². The van der Waals surface area contributed by atoms with Crippen LogP contribution in [0.5, 0.6) is 0 Å². The van der Waals surface area contributed by atoms with Crippen LogP contribution in [0.4, 0.5) is 18.9 Å². The van der Waals surface area contributed by atoms with Crippen molar-refractivity contribution >= 4 is 15.7 Å². The zero-order valence-electron chi connectivity index (χ0n) is 12.6. The minimum atomic E-state index is -4.72. The average molecular weight is 372 g/mol. The summed E-state index contributed by atoms with van der Waals surface area (Å²) in [5.41, 5.74) is -1.32. The van der Waals surface area contributed by atoms with Gasteiger partial charge in [0.2, 0.25) is 0 Å². The van der Waals surface area contributed by atoms with Crippen molar-refractivity contribution in [3.63, 3.8) is 0 Å². The molecule has 12 heteroatoms. The van der Waals surface area contributed by atoms with E-state index >= 15 is 0 Å². The lowest BCUT2D eigenvalue weighted by atomic mass is 10.1. The number of aromatic amines is 1. The van der Waals surface area contributed by atoms with Crippen LogP contribution in [0.25, 0.3) is 5.69 Å². The van der Waals surface area contributed by atoms with E-state index in [-0.39, 0.29) is 22.1 Å². The first kappa shape index (κ1) is 17.0. The minimum absolute atomic E-state index is 0.251. The van der Waals surface area contributed by atoms with E-state index in [1.807, 2.05) is 0 Å². The molecule has 2 N–H and O–H groups in total. The number of sulfonamides is 1. The van der Waals surface area contributed by atoms with E-state index < -0.39 is 21.8 Å². The molecule has 0 atom stereocenters. The molecule has 0 aliphatic rings. The molecule has 0 bridgehead atoms. The molecular weight excluding hydrogens is 361 g/mol. The molecule has 0 aliphatic carbocycles. The van der Waals surface area contributed by atoms with E-state index in [0.29, 0.717) is 6.07 Å². The zero-order chi connectivity index (χ0) is 18.2. The fraction of sp³-hybridized carbons (Fsp3) is 0.154. The summed E-state index contributed by atoms with van der Waals surface area (Å²) in [6, 6.07) is 3.00. The second-order valence-electron chi connectivity index (χ2n) is 5.01. The molecule has 0 fully saturated rings. The predicted molar refractivity (Wildman–Crippen MR) is 80.5 cm³/mol. The van der Waals surface area contributed by atoms with Crippen molar-refractivity contribution in [1.29, 1.82) is 0 Å². The van der Waals surface area contributed by atoms with Crippen LogP contribution in [0.1, 0.15) is 11.3 Å². The summed E-state index contributed by atoms with van der Waals surface area (Å²) >= 11 is 0. The van der Waals surface area contributed by atoms with Crippen LogP contribution in [-0.4, -0.2) is 33.2 Å². The molecule has 0 radical (unpaired) electrons. The van der Waals surface area contributed by atoms with Crippen LogP contribution >= 0.6 is 0 Å². The number of nitrogens with zero attached hydrogens (tertiary/aromatic N) is 4. The highest BCUT2D eigenvalue weighted by atomic mass is 32.2. The summed E-state index contributed by atoms with van der Waals surface area (Å²) < 4.78 is 67.5. The van der Waals surface area contributed by atoms with Gasteiger partial charge in [-0.1, -0.05) is 0 Å². The predicted octanol–water partition coefficient (Wildman–Crippen LogP) is 2.12. The van der Waals surface area contributed by atoms with Crippen LogP contribution in [-0.2, 0) is 16.2 Å². The highest BCUT2D eigenvalue weighted by molar-refractivity contribution is 7.92. The highest BCUT2D eigenvalue weighted by Gasteiger charge is 2.35.